The second kappa shape index (κ2) is 6.75. The van der Waals surface area contributed by atoms with Crippen LogP contribution in [0.2, 0.25) is 0 Å². The van der Waals surface area contributed by atoms with Crippen molar-refractivity contribution in [2.24, 2.45) is 0 Å². The summed E-state index contributed by atoms with van der Waals surface area (Å²) < 4.78 is 5.39. The monoisotopic (exact) mass is 269 g/mol. The second-order valence-corrected chi connectivity index (χ2v) is 4.50. The Morgan fingerprint density at radius 2 is 1.85 bits per heavy atom. The van der Waals surface area contributed by atoms with Crippen LogP contribution in [0.5, 0.6) is 0 Å². The van der Waals surface area contributed by atoms with Crippen molar-refractivity contribution in [2.75, 3.05) is 12.4 Å². The van der Waals surface area contributed by atoms with Crippen LogP contribution >= 0.6 is 0 Å². The number of nitrogens with one attached hydrogen (secondary N) is 1. The molecule has 0 saturated heterocycles. The molecule has 0 unspecified atom stereocenters. The lowest BCUT2D eigenvalue weighted by atomic mass is 10.0. The summed E-state index contributed by atoms with van der Waals surface area (Å²) in [5.74, 6) is -0.275. The van der Waals surface area contributed by atoms with Gasteiger partial charge in [-0.25, -0.2) is 4.79 Å². The Bertz CT molecular complexity index is 579. The highest BCUT2D eigenvalue weighted by molar-refractivity contribution is 5.92. The van der Waals surface area contributed by atoms with Gasteiger partial charge in [0, 0.05) is 12.7 Å². The minimum absolute atomic E-state index is 0.275. The maximum absolute atomic E-state index is 12.2. The SMILES string of the molecule is CCc1c(NC)cccc1C(=O)OCc1ccccc1. The van der Waals surface area contributed by atoms with E-state index in [2.05, 4.69) is 5.32 Å². The molecular formula is C17H19NO2. The Labute approximate surface area is 119 Å². The molecule has 0 saturated carbocycles. The van der Waals surface area contributed by atoms with Crippen molar-refractivity contribution >= 4 is 11.7 Å². The second-order valence-electron chi connectivity index (χ2n) is 4.50. The van der Waals surface area contributed by atoms with Crippen LogP contribution in [-0.2, 0) is 17.8 Å². The molecule has 0 spiro atoms. The standard InChI is InChI=1S/C17H19NO2/c1-3-14-15(10-7-11-16(14)18-2)17(19)20-12-13-8-5-4-6-9-13/h4-11,18H,3,12H2,1-2H3. The molecule has 3 heteroatoms. The maximum Gasteiger partial charge on any atom is 0.338 e. The minimum atomic E-state index is -0.275. The third-order valence-electron chi connectivity index (χ3n) is 3.23. The zero-order chi connectivity index (χ0) is 14.4. The highest BCUT2D eigenvalue weighted by Gasteiger charge is 2.14. The molecule has 2 aromatic carbocycles. The van der Waals surface area contributed by atoms with Crippen LogP contribution in [0.15, 0.2) is 48.5 Å². The average molecular weight is 269 g/mol. The first-order chi connectivity index (χ1) is 9.76. The molecule has 0 amide bonds. The number of carbonyl (C=O) groups excluding carboxylic acids is 1. The number of ether oxygens (including phenoxy) is 1. The molecule has 1 N–H and O–H groups in total. The van der Waals surface area contributed by atoms with Crippen molar-refractivity contribution in [1.29, 1.82) is 0 Å². The van der Waals surface area contributed by atoms with Crippen molar-refractivity contribution in [3.8, 4) is 0 Å². The molecule has 2 aromatic rings. The van der Waals surface area contributed by atoms with Gasteiger partial charge in [-0.2, -0.15) is 0 Å². The largest absolute Gasteiger partial charge is 0.457 e. The summed E-state index contributed by atoms with van der Waals surface area (Å²) in [6, 6.07) is 15.3. The number of benzene rings is 2. The van der Waals surface area contributed by atoms with Gasteiger partial charge in [0.05, 0.1) is 5.56 Å². The van der Waals surface area contributed by atoms with Gasteiger partial charge < -0.3 is 10.1 Å². The van der Waals surface area contributed by atoms with Gasteiger partial charge in [-0.3, -0.25) is 0 Å². The summed E-state index contributed by atoms with van der Waals surface area (Å²) in [7, 11) is 1.85. The van der Waals surface area contributed by atoms with Gasteiger partial charge in [0.15, 0.2) is 0 Å². The quantitative estimate of drug-likeness (QED) is 0.842. The summed E-state index contributed by atoms with van der Waals surface area (Å²) >= 11 is 0. The van der Waals surface area contributed by atoms with Crippen LogP contribution in [0.1, 0.15) is 28.4 Å². The molecule has 0 atom stereocenters. The molecule has 0 aromatic heterocycles. The Morgan fingerprint density at radius 1 is 1.10 bits per heavy atom. The summed E-state index contributed by atoms with van der Waals surface area (Å²) in [6.07, 6.45) is 0.785. The molecule has 0 aliphatic rings. The number of carbonyl (C=O) groups is 1. The summed E-state index contributed by atoms with van der Waals surface area (Å²) in [6.45, 7) is 2.33. The zero-order valence-electron chi connectivity index (χ0n) is 11.8. The van der Waals surface area contributed by atoms with Crippen LogP contribution in [-0.4, -0.2) is 13.0 Å². The molecule has 0 fully saturated rings. The lowest BCUT2D eigenvalue weighted by Crippen LogP contribution is -2.10. The molecule has 0 bridgehead atoms. The van der Waals surface area contributed by atoms with E-state index in [9.17, 15) is 4.79 Å². The van der Waals surface area contributed by atoms with E-state index >= 15 is 0 Å². The highest BCUT2D eigenvalue weighted by Crippen LogP contribution is 2.21. The van der Waals surface area contributed by atoms with E-state index in [4.69, 9.17) is 4.74 Å². The van der Waals surface area contributed by atoms with Crippen LogP contribution in [0, 0.1) is 0 Å². The number of rotatable bonds is 5. The van der Waals surface area contributed by atoms with Gasteiger partial charge in [0.2, 0.25) is 0 Å². The van der Waals surface area contributed by atoms with E-state index in [-0.39, 0.29) is 5.97 Å². The van der Waals surface area contributed by atoms with Gasteiger partial charge in [0.1, 0.15) is 6.61 Å². The minimum Gasteiger partial charge on any atom is -0.457 e. The van der Waals surface area contributed by atoms with Gasteiger partial charge in [0.25, 0.3) is 0 Å². The topological polar surface area (TPSA) is 38.3 Å². The Morgan fingerprint density at radius 3 is 2.50 bits per heavy atom. The first kappa shape index (κ1) is 14.1. The molecule has 20 heavy (non-hydrogen) atoms. The van der Waals surface area contributed by atoms with Crippen LogP contribution in [0.25, 0.3) is 0 Å². The number of esters is 1. The molecule has 0 heterocycles. The lowest BCUT2D eigenvalue weighted by molar-refractivity contribution is 0.0471. The maximum atomic E-state index is 12.2. The molecule has 0 radical (unpaired) electrons. The summed E-state index contributed by atoms with van der Waals surface area (Å²) in [5, 5.41) is 3.11. The Kier molecular flexibility index (Phi) is 4.77. The average Bonchev–Trinajstić information content (AvgIpc) is 2.52. The van der Waals surface area contributed by atoms with E-state index < -0.39 is 0 Å². The van der Waals surface area contributed by atoms with E-state index in [0.717, 1.165) is 23.2 Å². The first-order valence-corrected chi connectivity index (χ1v) is 6.77. The van der Waals surface area contributed by atoms with Gasteiger partial charge in [-0.15, -0.1) is 0 Å². The van der Waals surface area contributed by atoms with Gasteiger partial charge in [-0.05, 0) is 29.7 Å². The summed E-state index contributed by atoms with van der Waals surface area (Å²) in [4.78, 5) is 12.2. The fraction of sp³-hybridized carbons (Fsp3) is 0.235. The van der Waals surface area contributed by atoms with Crippen LogP contribution in [0.4, 0.5) is 5.69 Å². The Balaban J connectivity index is 2.13. The Hall–Kier alpha value is -2.29. The van der Waals surface area contributed by atoms with Gasteiger partial charge >= 0.3 is 5.97 Å². The van der Waals surface area contributed by atoms with Crippen molar-refractivity contribution in [2.45, 2.75) is 20.0 Å². The van der Waals surface area contributed by atoms with Crippen molar-refractivity contribution in [1.82, 2.24) is 0 Å². The molecule has 0 aliphatic heterocycles. The predicted octanol–water partition coefficient (Wildman–Crippen LogP) is 3.65. The zero-order valence-corrected chi connectivity index (χ0v) is 11.8. The van der Waals surface area contributed by atoms with Crippen LogP contribution in [0.3, 0.4) is 0 Å². The van der Waals surface area contributed by atoms with E-state index in [0.29, 0.717) is 12.2 Å². The third kappa shape index (κ3) is 3.18. The smallest absolute Gasteiger partial charge is 0.338 e. The molecule has 2 rings (SSSR count). The lowest BCUT2D eigenvalue weighted by Gasteiger charge is -2.12. The van der Waals surface area contributed by atoms with Crippen molar-refractivity contribution in [3.63, 3.8) is 0 Å². The molecular weight excluding hydrogens is 250 g/mol. The highest BCUT2D eigenvalue weighted by atomic mass is 16.5. The molecule has 0 aliphatic carbocycles. The fourth-order valence-electron chi connectivity index (χ4n) is 2.19. The first-order valence-electron chi connectivity index (χ1n) is 6.77. The third-order valence-corrected chi connectivity index (χ3v) is 3.23. The summed E-state index contributed by atoms with van der Waals surface area (Å²) in [5.41, 5.74) is 3.59. The fourth-order valence-corrected chi connectivity index (χ4v) is 2.19. The number of hydrogen-bond donors (Lipinski definition) is 1. The van der Waals surface area contributed by atoms with E-state index in [1.807, 2.05) is 62.5 Å². The predicted molar refractivity (Wildman–Crippen MR) is 80.9 cm³/mol. The van der Waals surface area contributed by atoms with Gasteiger partial charge in [-0.1, -0.05) is 43.3 Å². The normalized spacial score (nSPS) is 10.1. The van der Waals surface area contributed by atoms with E-state index in [1.54, 1.807) is 0 Å². The number of hydrogen-bond acceptors (Lipinski definition) is 3. The van der Waals surface area contributed by atoms with Crippen molar-refractivity contribution in [3.05, 3.63) is 65.2 Å². The van der Waals surface area contributed by atoms with Crippen LogP contribution < -0.4 is 5.32 Å². The van der Waals surface area contributed by atoms with E-state index in [1.165, 1.54) is 0 Å². The molecule has 104 valence electrons. The molecule has 3 nitrogen and oxygen atoms in total. The van der Waals surface area contributed by atoms with Crippen molar-refractivity contribution < 1.29 is 9.53 Å². The number of anilines is 1.